The zero-order valence-electron chi connectivity index (χ0n) is 9.82. The van der Waals surface area contributed by atoms with Gasteiger partial charge in [0.1, 0.15) is 4.60 Å². The summed E-state index contributed by atoms with van der Waals surface area (Å²) in [4.78, 5) is 7.57. The Morgan fingerprint density at radius 3 is 2.12 bits per heavy atom. The predicted octanol–water partition coefficient (Wildman–Crippen LogP) is 3.29. The Balaban J connectivity index is 1.72. The summed E-state index contributed by atoms with van der Waals surface area (Å²) in [5.41, 5.74) is 7.05. The fourth-order valence-corrected chi connectivity index (χ4v) is 5.56. The van der Waals surface area contributed by atoms with Crippen LogP contribution < -0.4 is 5.73 Å². The number of anilines is 1. The minimum Gasteiger partial charge on any atom is -0.369 e. The van der Waals surface area contributed by atoms with Crippen molar-refractivity contribution < 1.29 is 0 Å². The third kappa shape index (κ3) is 1.49. The SMILES string of the molecule is Nc1nc(Br)c(C2C3CC4CC(C3)CC2C4)[nH]1. The molecule has 0 unspecified atom stereocenters. The van der Waals surface area contributed by atoms with E-state index >= 15 is 0 Å². The van der Waals surface area contributed by atoms with Gasteiger partial charge in [-0.25, -0.2) is 4.98 Å². The van der Waals surface area contributed by atoms with Crippen LogP contribution in [0.5, 0.6) is 0 Å². The Kier molecular flexibility index (Phi) is 2.14. The highest BCUT2D eigenvalue weighted by Crippen LogP contribution is 2.60. The largest absolute Gasteiger partial charge is 0.369 e. The normalized spacial score (nSPS) is 43.2. The van der Waals surface area contributed by atoms with Crippen LogP contribution >= 0.6 is 15.9 Å². The molecule has 4 saturated carbocycles. The molecule has 3 N–H and O–H groups in total. The van der Waals surface area contributed by atoms with Crippen LogP contribution in [0, 0.1) is 23.7 Å². The number of nitrogens with two attached hydrogens (primary N) is 1. The molecule has 4 heteroatoms. The molecule has 0 spiro atoms. The number of aromatic amines is 1. The lowest BCUT2D eigenvalue weighted by molar-refractivity contribution is -0.00424. The van der Waals surface area contributed by atoms with Crippen molar-refractivity contribution in [3.8, 4) is 0 Å². The molecule has 92 valence electrons. The van der Waals surface area contributed by atoms with Gasteiger partial charge in [0, 0.05) is 5.92 Å². The molecule has 1 aromatic rings. The molecule has 4 aliphatic rings. The van der Waals surface area contributed by atoms with E-state index in [1.54, 1.807) is 0 Å². The third-order valence-corrected chi connectivity index (χ3v) is 5.87. The van der Waals surface area contributed by atoms with Gasteiger partial charge in [-0.1, -0.05) is 0 Å². The van der Waals surface area contributed by atoms with E-state index in [2.05, 4.69) is 25.9 Å². The Hall–Kier alpha value is -0.510. The van der Waals surface area contributed by atoms with Crippen LogP contribution in [0.25, 0.3) is 0 Å². The van der Waals surface area contributed by atoms with Crippen LogP contribution in [0.1, 0.15) is 43.7 Å². The van der Waals surface area contributed by atoms with E-state index in [-0.39, 0.29) is 0 Å². The number of halogens is 1. The van der Waals surface area contributed by atoms with Gasteiger partial charge in [-0.3, -0.25) is 0 Å². The second-order valence-electron chi connectivity index (χ2n) is 6.28. The second kappa shape index (κ2) is 3.50. The van der Waals surface area contributed by atoms with Crippen LogP contribution in [0.3, 0.4) is 0 Å². The van der Waals surface area contributed by atoms with Crippen molar-refractivity contribution in [3.05, 3.63) is 10.3 Å². The number of nitrogens with zero attached hydrogens (tertiary/aromatic N) is 1. The maximum Gasteiger partial charge on any atom is 0.198 e. The van der Waals surface area contributed by atoms with Crippen LogP contribution in [-0.4, -0.2) is 9.97 Å². The van der Waals surface area contributed by atoms with Gasteiger partial charge in [0.15, 0.2) is 5.95 Å². The Morgan fingerprint density at radius 1 is 1.06 bits per heavy atom. The summed E-state index contributed by atoms with van der Waals surface area (Å²) in [7, 11) is 0. The molecular weight excluding hydrogens is 278 g/mol. The standard InChI is InChI=1S/C13H18BrN3/c14-12-11(16-13(15)17-12)10-8-2-6-1-7(4-8)5-9(10)3-6/h6-10H,1-5H2,(H3,15,16,17). The maximum absolute atomic E-state index is 5.78. The van der Waals surface area contributed by atoms with E-state index < -0.39 is 0 Å². The molecule has 0 atom stereocenters. The van der Waals surface area contributed by atoms with E-state index in [4.69, 9.17) is 5.73 Å². The number of nitrogen functional groups attached to an aromatic ring is 1. The summed E-state index contributed by atoms with van der Waals surface area (Å²) in [6.45, 7) is 0. The Labute approximate surface area is 110 Å². The molecule has 5 rings (SSSR count). The molecule has 4 aliphatic carbocycles. The third-order valence-electron chi connectivity index (χ3n) is 5.26. The minimum atomic E-state index is 0.556. The van der Waals surface area contributed by atoms with Gasteiger partial charge in [-0.15, -0.1) is 0 Å². The first-order valence-electron chi connectivity index (χ1n) is 6.71. The van der Waals surface area contributed by atoms with Gasteiger partial charge in [-0.05, 0) is 71.7 Å². The van der Waals surface area contributed by atoms with Gasteiger partial charge in [0.05, 0.1) is 5.69 Å². The Morgan fingerprint density at radius 2 is 1.65 bits per heavy atom. The highest BCUT2D eigenvalue weighted by Gasteiger charge is 2.49. The van der Waals surface area contributed by atoms with Crippen LogP contribution in [0.15, 0.2) is 4.60 Å². The topological polar surface area (TPSA) is 54.7 Å². The quantitative estimate of drug-likeness (QED) is 0.835. The first-order valence-corrected chi connectivity index (χ1v) is 7.51. The number of hydrogen-bond donors (Lipinski definition) is 2. The summed E-state index contributed by atoms with van der Waals surface area (Å²) in [5, 5.41) is 0. The summed E-state index contributed by atoms with van der Waals surface area (Å²) >= 11 is 3.56. The van der Waals surface area contributed by atoms with Crippen molar-refractivity contribution in [3.63, 3.8) is 0 Å². The zero-order chi connectivity index (χ0) is 11.6. The lowest BCUT2D eigenvalue weighted by atomic mass is 9.51. The first kappa shape index (κ1) is 10.4. The monoisotopic (exact) mass is 295 g/mol. The molecule has 0 saturated heterocycles. The van der Waals surface area contributed by atoms with Gasteiger partial charge in [0.2, 0.25) is 0 Å². The summed E-state index contributed by atoms with van der Waals surface area (Å²) < 4.78 is 0.951. The van der Waals surface area contributed by atoms with Crippen molar-refractivity contribution in [2.24, 2.45) is 23.7 Å². The number of imidazole rings is 1. The number of nitrogens with one attached hydrogen (secondary N) is 1. The average Bonchev–Trinajstić information content (AvgIpc) is 2.56. The molecule has 3 nitrogen and oxygen atoms in total. The highest BCUT2D eigenvalue weighted by atomic mass is 79.9. The lowest BCUT2D eigenvalue weighted by Gasteiger charge is -2.54. The summed E-state index contributed by atoms with van der Waals surface area (Å²) in [6.07, 6.45) is 7.24. The molecule has 0 aliphatic heterocycles. The Bertz CT molecular complexity index is 426. The molecular formula is C13H18BrN3. The van der Waals surface area contributed by atoms with Crippen molar-refractivity contribution >= 4 is 21.9 Å². The zero-order valence-corrected chi connectivity index (χ0v) is 11.4. The van der Waals surface area contributed by atoms with E-state index in [9.17, 15) is 0 Å². The summed E-state index contributed by atoms with van der Waals surface area (Å²) in [5.74, 6) is 5.04. The molecule has 4 bridgehead atoms. The molecule has 1 aromatic heterocycles. The predicted molar refractivity (Wildman–Crippen MR) is 70.5 cm³/mol. The van der Waals surface area contributed by atoms with Crippen LogP contribution in [-0.2, 0) is 0 Å². The lowest BCUT2D eigenvalue weighted by Crippen LogP contribution is -2.44. The van der Waals surface area contributed by atoms with E-state index in [1.807, 2.05) is 0 Å². The number of H-pyrrole nitrogens is 1. The van der Waals surface area contributed by atoms with Crippen LogP contribution in [0.2, 0.25) is 0 Å². The molecule has 0 radical (unpaired) electrons. The highest BCUT2D eigenvalue weighted by molar-refractivity contribution is 9.10. The molecule has 17 heavy (non-hydrogen) atoms. The van der Waals surface area contributed by atoms with Crippen molar-refractivity contribution in [2.75, 3.05) is 5.73 Å². The first-order chi connectivity index (χ1) is 8.20. The van der Waals surface area contributed by atoms with Crippen molar-refractivity contribution in [1.29, 1.82) is 0 Å². The smallest absolute Gasteiger partial charge is 0.198 e. The van der Waals surface area contributed by atoms with Crippen molar-refractivity contribution in [2.45, 2.75) is 38.0 Å². The molecule has 1 heterocycles. The molecule has 0 amide bonds. The van der Waals surface area contributed by atoms with Crippen LogP contribution in [0.4, 0.5) is 5.95 Å². The van der Waals surface area contributed by atoms with Crippen molar-refractivity contribution in [1.82, 2.24) is 9.97 Å². The summed E-state index contributed by atoms with van der Waals surface area (Å²) in [6, 6.07) is 0. The average molecular weight is 296 g/mol. The second-order valence-corrected chi connectivity index (χ2v) is 7.03. The molecule has 4 fully saturated rings. The van der Waals surface area contributed by atoms with Gasteiger partial charge in [-0.2, -0.15) is 0 Å². The number of aromatic nitrogens is 2. The van der Waals surface area contributed by atoms with Gasteiger partial charge < -0.3 is 10.7 Å². The van der Waals surface area contributed by atoms with Gasteiger partial charge >= 0.3 is 0 Å². The molecule has 0 aromatic carbocycles. The number of hydrogen-bond acceptors (Lipinski definition) is 2. The fraction of sp³-hybridized carbons (Fsp3) is 0.769. The maximum atomic E-state index is 5.78. The fourth-order valence-electron chi connectivity index (χ4n) is 5.00. The van der Waals surface area contributed by atoms with E-state index in [1.165, 1.54) is 37.8 Å². The van der Waals surface area contributed by atoms with E-state index in [0.29, 0.717) is 11.9 Å². The van der Waals surface area contributed by atoms with E-state index in [0.717, 1.165) is 28.3 Å². The number of rotatable bonds is 1. The minimum absolute atomic E-state index is 0.556. The van der Waals surface area contributed by atoms with Gasteiger partial charge in [0.25, 0.3) is 0 Å².